The van der Waals surface area contributed by atoms with Gasteiger partial charge in [-0.05, 0) is 95.8 Å². The minimum Gasteiger partial charge on any atom is -0.508 e. The number of allylic oxidation sites excluding steroid dienone is 2. The Morgan fingerprint density at radius 1 is 0.836 bits per heavy atom. The number of nitrogens with zero attached hydrogens (tertiary/aromatic N) is 2. The smallest absolute Gasteiger partial charge is 0.335 e. The lowest BCUT2D eigenvalue weighted by Crippen LogP contribution is -2.53. The lowest BCUT2D eigenvalue weighted by molar-refractivity contribution is -0.138. The van der Waals surface area contributed by atoms with E-state index in [0.717, 1.165) is 15.3 Å². The van der Waals surface area contributed by atoms with Crippen LogP contribution in [0.25, 0.3) is 10.8 Å². The maximum atomic E-state index is 15.5. The molecule has 1 saturated carbocycles. The third kappa shape index (κ3) is 5.02. The van der Waals surface area contributed by atoms with Gasteiger partial charge in [-0.2, -0.15) is 5.01 Å². The second-order valence-electron chi connectivity index (χ2n) is 14.5. The lowest BCUT2D eigenvalue weighted by Gasteiger charge is -2.51. The van der Waals surface area contributed by atoms with Crippen molar-refractivity contribution in [1.29, 1.82) is 0 Å². The molecular weight excluding hydrogens is 725 g/mol. The fourth-order valence-electron chi connectivity index (χ4n) is 9.59. The van der Waals surface area contributed by atoms with E-state index in [2.05, 4.69) is 5.43 Å². The largest absolute Gasteiger partial charge is 0.508 e. The highest BCUT2D eigenvalue weighted by atomic mass is 35.5. The van der Waals surface area contributed by atoms with Gasteiger partial charge in [-0.25, -0.2) is 9.18 Å². The number of aromatic hydroxyl groups is 1. The molecule has 3 fully saturated rings. The predicted molar refractivity (Wildman–Crippen MR) is 201 cm³/mol. The van der Waals surface area contributed by atoms with Gasteiger partial charge in [-0.3, -0.25) is 29.5 Å². The van der Waals surface area contributed by atoms with Crippen LogP contribution in [0, 0.1) is 29.5 Å². The van der Waals surface area contributed by atoms with Crippen LogP contribution in [-0.2, 0) is 24.6 Å². The second-order valence-corrected chi connectivity index (χ2v) is 14.9. The fraction of sp³-hybridized carbons (Fsp3) is 0.186. The van der Waals surface area contributed by atoms with Crippen LogP contribution in [-0.4, -0.2) is 44.8 Å². The van der Waals surface area contributed by atoms with Gasteiger partial charge in [0.05, 0.1) is 40.1 Å². The van der Waals surface area contributed by atoms with E-state index < -0.39 is 70.4 Å². The number of nitrogens with one attached hydrogen (secondary N) is 1. The maximum absolute atomic E-state index is 15.5. The average Bonchev–Trinajstić information content (AvgIpc) is 3.57. The Hall–Kier alpha value is -6.33. The van der Waals surface area contributed by atoms with E-state index in [1.54, 1.807) is 36.4 Å². The quantitative estimate of drug-likeness (QED) is 0.122. The summed E-state index contributed by atoms with van der Waals surface area (Å²) < 4.78 is 13.9. The first-order valence-electron chi connectivity index (χ1n) is 17.8. The molecule has 0 radical (unpaired) electrons. The predicted octanol–water partition coefficient (Wildman–Crippen LogP) is 7.23. The summed E-state index contributed by atoms with van der Waals surface area (Å²) in [6, 6.07) is 28.2. The molecule has 4 aliphatic rings. The van der Waals surface area contributed by atoms with Gasteiger partial charge in [0.2, 0.25) is 11.8 Å². The minimum atomic E-state index is -1.69. The van der Waals surface area contributed by atoms with Gasteiger partial charge < -0.3 is 10.2 Å². The van der Waals surface area contributed by atoms with E-state index in [4.69, 9.17) is 11.6 Å². The number of amides is 4. The molecule has 0 bridgehead atoms. The normalized spacial score (nSPS) is 25.8. The van der Waals surface area contributed by atoms with Gasteiger partial charge >= 0.3 is 5.97 Å². The van der Waals surface area contributed by atoms with Gasteiger partial charge in [-0.1, -0.05) is 71.8 Å². The number of carboxylic acid groups (broad SMARTS) is 1. The Labute approximate surface area is 318 Å². The van der Waals surface area contributed by atoms with Crippen molar-refractivity contribution >= 4 is 63.3 Å². The third-order valence-corrected chi connectivity index (χ3v) is 12.1. The number of rotatable bonds is 6. The van der Waals surface area contributed by atoms with Gasteiger partial charge in [-0.15, -0.1) is 0 Å². The highest BCUT2D eigenvalue weighted by Gasteiger charge is 2.71. The molecule has 2 heterocycles. The number of imide groups is 2. The Balaban J connectivity index is 1.27. The summed E-state index contributed by atoms with van der Waals surface area (Å²) in [5.41, 5.74) is 3.03. The molecule has 55 heavy (non-hydrogen) atoms. The number of hydrogen-bond acceptors (Lipinski definition) is 7. The molecule has 2 aliphatic carbocycles. The van der Waals surface area contributed by atoms with E-state index in [1.807, 2.05) is 30.3 Å². The van der Waals surface area contributed by atoms with Gasteiger partial charge in [0.25, 0.3) is 11.8 Å². The Morgan fingerprint density at radius 2 is 1.58 bits per heavy atom. The van der Waals surface area contributed by atoms with Crippen LogP contribution in [0.1, 0.15) is 40.2 Å². The molecular formula is C43H31ClFN3O7. The molecule has 2 saturated heterocycles. The molecule has 274 valence electrons. The van der Waals surface area contributed by atoms with Crippen LogP contribution in [0.2, 0.25) is 5.02 Å². The lowest BCUT2D eigenvalue weighted by atomic mass is 9.48. The molecule has 3 N–H and O–H groups in total. The summed E-state index contributed by atoms with van der Waals surface area (Å²) in [4.78, 5) is 72.0. The first kappa shape index (κ1) is 34.4. The Morgan fingerprint density at radius 3 is 2.33 bits per heavy atom. The van der Waals surface area contributed by atoms with Crippen LogP contribution in [0.5, 0.6) is 5.75 Å². The molecule has 4 amide bonds. The van der Waals surface area contributed by atoms with Gasteiger partial charge in [0, 0.05) is 16.5 Å². The molecule has 10 nitrogen and oxygen atoms in total. The number of anilines is 2. The topological polar surface area (TPSA) is 144 Å². The molecule has 6 atom stereocenters. The number of phenolic OH excluding ortho intramolecular Hbond substituents is 1. The zero-order valence-electron chi connectivity index (χ0n) is 28.9. The zero-order valence-corrected chi connectivity index (χ0v) is 29.6. The minimum absolute atomic E-state index is 0.00808. The van der Waals surface area contributed by atoms with E-state index in [1.165, 1.54) is 48.5 Å². The molecule has 6 unspecified atom stereocenters. The van der Waals surface area contributed by atoms with Crippen molar-refractivity contribution in [2.24, 2.45) is 23.7 Å². The summed E-state index contributed by atoms with van der Waals surface area (Å²) in [6.45, 7) is 0. The number of carbonyl (C=O) groups excluding carboxylic acids is 4. The van der Waals surface area contributed by atoms with Gasteiger partial charge in [0.15, 0.2) is 0 Å². The van der Waals surface area contributed by atoms with Crippen molar-refractivity contribution in [3.05, 3.63) is 148 Å². The van der Waals surface area contributed by atoms with Gasteiger partial charge in [0.1, 0.15) is 11.6 Å². The highest BCUT2D eigenvalue weighted by molar-refractivity contribution is 6.30. The number of hydrazine groups is 1. The van der Waals surface area contributed by atoms with E-state index >= 15 is 4.79 Å². The number of halogens is 2. The number of benzene rings is 5. The number of hydrogen-bond donors (Lipinski definition) is 3. The number of carboxylic acids is 1. The summed E-state index contributed by atoms with van der Waals surface area (Å²) in [6.07, 6.45) is 1.99. The molecule has 12 heteroatoms. The fourth-order valence-corrected chi connectivity index (χ4v) is 9.72. The number of carbonyl (C=O) groups is 5. The van der Waals surface area contributed by atoms with Crippen molar-refractivity contribution in [3.8, 4) is 5.75 Å². The first-order chi connectivity index (χ1) is 26.5. The SMILES string of the molecule is O=C(O)c1cccc(N2C(=O)C3CC=C4C(CC5C(=O)N(Nc6ccc(F)cc6)C(=O)C5(c5ccc(Cl)cc5)C4c4c(O)ccc5ccccc45)C3C2=O)c1. The molecule has 0 spiro atoms. The number of phenols is 1. The summed E-state index contributed by atoms with van der Waals surface area (Å²) in [5.74, 6) is -8.73. The third-order valence-electron chi connectivity index (χ3n) is 11.8. The molecule has 5 aromatic rings. The summed E-state index contributed by atoms with van der Waals surface area (Å²) in [7, 11) is 0. The molecule has 9 rings (SSSR count). The van der Waals surface area contributed by atoms with Crippen molar-refractivity contribution in [2.45, 2.75) is 24.2 Å². The van der Waals surface area contributed by atoms with E-state index in [0.29, 0.717) is 27.1 Å². The van der Waals surface area contributed by atoms with Crippen LogP contribution < -0.4 is 10.3 Å². The Kier molecular flexibility index (Phi) is 7.91. The van der Waals surface area contributed by atoms with Crippen LogP contribution >= 0.6 is 11.6 Å². The Bertz CT molecular complexity index is 2520. The van der Waals surface area contributed by atoms with E-state index in [-0.39, 0.29) is 35.5 Å². The average molecular weight is 756 g/mol. The number of aromatic carboxylic acids is 1. The second kappa shape index (κ2) is 12.6. The van der Waals surface area contributed by atoms with Crippen molar-refractivity contribution in [1.82, 2.24) is 5.01 Å². The van der Waals surface area contributed by atoms with Crippen molar-refractivity contribution < 1.29 is 38.6 Å². The van der Waals surface area contributed by atoms with Crippen LogP contribution in [0.4, 0.5) is 15.8 Å². The molecule has 0 aromatic heterocycles. The van der Waals surface area contributed by atoms with Crippen LogP contribution in [0.3, 0.4) is 0 Å². The molecule has 5 aromatic carbocycles. The van der Waals surface area contributed by atoms with E-state index in [9.17, 15) is 33.8 Å². The first-order valence-corrected chi connectivity index (χ1v) is 18.2. The monoisotopic (exact) mass is 755 g/mol. The zero-order chi connectivity index (χ0) is 38.3. The van der Waals surface area contributed by atoms with Crippen LogP contribution in [0.15, 0.2) is 121 Å². The highest BCUT2D eigenvalue weighted by Crippen LogP contribution is 2.65. The van der Waals surface area contributed by atoms with Crippen molar-refractivity contribution in [3.63, 3.8) is 0 Å². The summed E-state index contributed by atoms with van der Waals surface area (Å²) in [5, 5.41) is 24.3. The maximum Gasteiger partial charge on any atom is 0.335 e. The number of fused-ring (bicyclic) bond motifs is 5. The summed E-state index contributed by atoms with van der Waals surface area (Å²) >= 11 is 6.39. The molecule has 2 aliphatic heterocycles. The van der Waals surface area contributed by atoms with Crippen molar-refractivity contribution in [2.75, 3.05) is 10.3 Å². The standard InChI is InChI=1S/C43H31ClFN3O7/c44-25-11-9-24(10-12-25)43-33(39(51)48(42(43)55)46-27-15-13-26(45)14-16-27)21-32-30(37(43)36-29-7-2-1-4-22(29)8-19-34(36)49)17-18-31-35(32)40(52)47(38(31)50)28-6-3-5-23(20-28)41(53)54/h1-17,19-20,31-33,35,37,46,49H,18,21H2,(H,53,54).